The van der Waals surface area contributed by atoms with Gasteiger partial charge in [0.2, 0.25) is 0 Å². The zero-order valence-corrected chi connectivity index (χ0v) is 10.3. The molecule has 0 aliphatic rings. The predicted octanol–water partition coefficient (Wildman–Crippen LogP) is 2.23. The number of methoxy groups -OCH3 is 2. The van der Waals surface area contributed by atoms with E-state index in [4.69, 9.17) is 15.2 Å². The van der Waals surface area contributed by atoms with Crippen LogP contribution in [0.25, 0.3) is 0 Å². The van der Waals surface area contributed by atoms with Crippen LogP contribution in [0.3, 0.4) is 0 Å². The third-order valence-corrected chi connectivity index (χ3v) is 2.80. The largest absolute Gasteiger partial charge is 0.497 e. The molecule has 1 rings (SSSR count). The molecule has 0 saturated carbocycles. The van der Waals surface area contributed by atoms with Crippen LogP contribution in [0.5, 0.6) is 11.5 Å². The van der Waals surface area contributed by atoms with Gasteiger partial charge in [0.1, 0.15) is 11.5 Å². The second-order valence-electron chi connectivity index (χ2n) is 4.06. The minimum absolute atomic E-state index is 0.548. The van der Waals surface area contributed by atoms with Crippen LogP contribution in [0.4, 0.5) is 0 Å². The van der Waals surface area contributed by atoms with Gasteiger partial charge in [-0.1, -0.05) is 13.0 Å². The fraction of sp³-hybridized carbons (Fsp3) is 0.538. The molecule has 2 N–H and O–H groups in total. The van der Waals surface area contributed by atoms with Gasteiger partial charge < -0.3 is 15.2 Å². The van der Waals surface area contributed by atoms with Gasteiger partial charge in [-0.05, 0) is 36.9 Å². The summed E-state index contributed by atoms with van der Waals surface area (Å²) in [4.78, 5) is 0. The van der Waals surface area contributed by atoms with Crippen molar-refractivity contribution in [2.24, 2.45) is 11.7 Å². The lowest BCUT2D eigenvalue weighted by atomic mass is 10.0. The first-order valence-electron chi connectivity index (χ1n) is 5.62. The zero-order valence-electron chi connectivity index (χ0n) is 10.3. The lowest BCUT2D eigenvalue weighted by Crippen LogP contribution is -2.11. The Balaban J connectivity index is 2.71. The number of rotatable bonds is 6. The Kier molecular flexibility index (Phi) is 5.12. The number of hydrogen-bond donors (Lipinski definition) is 1. The summed E-state index contributed by atoms with van der Waals surface area (Å²) < 4.78 is 10.5. The molecule has 1 atom stereocenters. The summed E-state index contributed by atoms with van der Waals surface area (Å²) in [5.74, 6) is 2.27. The summed E-state index contributed by atoms with van der Waals surface area (Å²) in [6.45, 7) is 2.90. The van der Waals surface area contributed by atoms with Crippen LogP contribution < -0.4 is 15.2 Å². The standard InChI is InChI=1S/C13H21NO2/c1-10(9-14)4-5-11-6-7-12(15-2)8-13(11)16-3/h6-8,10H,4-5,9,14H2,1-3H3. The molecule has 0 heterocycles. The second kappa shape index (κ2) is 6.38. The van der Waals surface area contributed by atoms with Crippen molar-refractivity contribution in [2.75, 3.05) is 20.8 Å². The van der Waals surface area contributed by atoms with E-state index < -0.39 is 0 Å². The Hall–Kier alpha value is -1.22. The minimum Gasteiger partial charge on any atom is -0.497 e. The second-order valence-corrected chi connectivity index (χ2v) is 4.06. The van der Waals surface area contributed by atoms with Gasteiger partial charge in [0.05, 0.1) is 14.2 Å². The van der Waals surface area contributed by atoms with Gasteiger partial charge in [-0.3, -0.25) is 0 Å². The number of benzene rings is 1. The average molecular weight is 223 g/mol. The summed E-state index contributed by atoms with van der Waals surface area (Å²) in [7, 11) is 3.34. The van der Waals surface area contributed by atoms with Crippen LogP contribution in [0.1, 0.15) is 18.9 Å². The summed E-state index contributed by atoms with van der Waals surface area (Å²) in [5, 5.41) is 0. The van der Waals surface area contributed by atoms with Crippen LogP contribution in [0, 0.1) is 5.92 Å². The lowest BCUT2D eigenvalue weighted by Gasteiger charge is -2.12. The first-order valence-corrected chi connectivity index (χ1v) is 5.62. The monoisotopic (exact) mass is 223 g/mol. The maximum Gasteiger partial charge on any atom is 0.125 e. The van der Waals surface area contributed by atoms with Gasteiger partial charge in [0.25, 0.3) is 0 Å². The van der Waals surface area contributed by atoms with Crippen molar-refractivity contribution >= 4 is 0 Å². The highest BCUT2D eigenvalue weighted by molar-refractivity contribution is 5.40. The van der Waals surface area contributed by atoms with Gasteiger partial charge >= 0.3 is 0 Å². The number of nitrogens with two attached hydrogens (primary N) is 1. The van der Waals surface area contributed by atoms with Crippen molar-refractivity contribution in [3.63, 3.8) is 0 Å². The molecule has 0 aromatic heterocycles. The topological polar surface area (TPSA) is 44.5 Å². The van der Waals surface area contributed by atoms with E-state index in [1.807, 2.05) is 12.1 Å². The van der Waals surface area contributed by atoms with Crippen LogP contribution >= 0.6 is 0 Å². The molecule has 0 aliphatic heterocycles. The maximum atomic E-state index is 5.60. The molecule has 3 heteroatoms. The molecule has 3 nitrogen and oxygen atoms in total. The van der Waals surface area contributed by atoms with Crippen molar-refractivity contribution in [3.05, 3.63) is 23.8 Å². The van der Waals surface area contributed by atoms with E-state index in [1.165, 1.54) is 5.56 Å². The van der Waals surface area contributed by atoms with Crippen molar-refractivity contribution in [2.45, 2.75) is 19.8 Å². The van der Waals surface area contributed by atoms with Crippen LogP contribution in [-0.4, -0.2) is 20.8 Å². The third kappa shape index (κ3) is 3.42. The van der Waals surface area contributed by atoms with Gasteiger partial charge in [-0.25, -0.2) is 0 Å². The summed E-state index contributed by atoms with van der Waals surface area (Å²) in [5.41, 5.74) is 6.81. The van der Waals surface area contributed by atoms with E-state index in [0.717, 1.165) is 30.9 Å². The molecule has 16 heavy (non-hydrogen) atoms. The summed E-state index contributed by atoms with van der Waals surface area (Å²) >= 11 is 0. The van der Waals surface area contributed by atoms with E-state index in [0.29, 0.717) is 5.92 Å². The number of hydrogen-bond acceptors (Lipinski definition) is 3. The van der Waals surface area contributed by atoms with Gasteiger partial charge in [-0.2, -0.15) is 0 Å². The molecule has 0 aliphatic carbocycles. The maximum absolute atomic E-state index is 5.60. The highest BCUT2D eigenvalue weighted by Gasteiger charge is 2.06. The molecule has 0 fully saturated rings. The molecule has 1 unspecified atom stereocenters. The Labute approximate surface area is 97.6 Å². The lowest BCUT2D eigenvalue weighted by molar-refractivity contribution is 0.389. The molecular formula is C13H21NO2. The van der Waals surface area contributed by atoms with Crippen molar-refractivity contribution < 1.29 is 9.47 Å². The molecule has 0 saturated heterocycles. The Morgan fingerprint density at radius 1 is 1.25 bits per heavy atom. The van der Waals surface area contributed by atoms with E-state index in [-0.39, 0.29) is 0 Å². The number of aryl methyl sites for hydroxylation is 1. The van der Waals surface area contributed by atoms with E-state index in [9.17, 15) is 0 Å². The highest BCUT2D eigenvalue weighted by atomic mass is 16.5. The molecule has 1 aromatic rings. The molecule has 0 spiro atoms. The number of ether oxygens (including phenoxy) is 2. The van der Waals surface area contributed by atoms with Crippen LogP contribution in [0.2, 0.25) is 0 Å². The first kappa shape index (κ1) is 12.8. The molecule has 1 aromatic carbocycles. The molecule has 0 amide bonds. The van der Waals surface area contributed by atoms with Crippen LogP contribution in [0.15, 0.2) is 18.2 Å². The van der Waals surface area contributed by atoms with Gasteiger partial charge in [-0.15, -0.1) is 0 Å². The van der Waals surface area contributed by atoms with Crippen molar-refractivity contribution in [1.82, 2.24) is 0 Å². The molecule has 0 bridgehead atoms. The van der Waals surface area contributed by atoms with Crippen molar-refractivity contribution in [1.29, 1.82) is 0 Å². The zero-order chi connectivity index (χ0) is 12.0. The fourth-order valence-electron chi connectivity index (χ4n) is 1.58. The smallest absolute Gasteiger partial charge is 0.125 e. The van der Waals surface area contributed by atoms with E-state index in [2.05, 4.69) is 13.0 Å². The average Bonchev–Trinajstić information content (AvgIpc) is 2.35. The first-order chi connectivity index (χ1) is 7.71. The molecular weight excluding hydrogens is 202 g/mol. The van der Waals surface area contributed by atoms with Crippen LogP contribution in [-0.2, 0) is 6.42 Å². The predicted molar refractivity (Wildman–Crippen MR) is 66.1 cm³/mol. The summed E-state index contributed by atoms with van der Waals surface area (Å²) in [6, 6.07) is 5.94. The molecule has 0 radical (unpaired) electrons. The van der Waals surface area contributed by atoms with Crippen molar-refractivity contribution in [3.8, 4) is 11.5 Å². The fourth-order valence-corrected chi connectivity index (χ4v) is 1.58. The van der Waals surface area contributed by atoms with E-state index in [1.54, 1.807) is 14.2 Å². The third-order valence-electron chi connectivity index (χ3n) is 2.80. The quantitative estimate of drug-likeness (QED) is 0.804. The normalized spacial score (nSPS) is 12.2. The SMILES string of the molecule is COc1ccc(CCC(C)CN)c(OC)c1. The van der Waals surface area contributed by atoms with Gasteiger partial charge in [0, 0.05) is 6.07 Å². The highest BCUT2D eigenvalue weighted by Crippen LogP contribution is 2.26. The molecule has 90 valence electrons. The summed E-state index contributed by atoms with van der Waals surface area (Å²) in [6.07, 6.45) is 2.07. The minimum atomic E-state index is 0.548. The Bertz CT molecular complexity index is 326. The van der Waals surface area contributed by atoms with E-state index >= 15 is 0 Å². The Morgan fingerprint density at radius 2 is 2.00 bits per heavy atom. The van der Waals surface area contributed by atoms with Gasteiger partial charge in [0.15, 0.2) is 0 Å². The Morgan fingerprint density at radius 3 is 2.56 bits per heavy atom.